The summed E-state index contributed by atoms with van der Waals surface area (Å²) in [5, 5.41) is 13.8. The molecule has 1 aromatic heterocycles. The molecule has 4 aromatic carbocycles. The number of hydrazone groups is 1. The van der Waals surface area contributed by atoms with Crippen LogP contribution in [0.1, 0.15) is 18.1 Å². The van der Waals surface area contributed by atoms with Gasteiger partial charge in [0.05, 0.1) is 18.6 Å². The third kappa shape index (κ3) is 6.30. The van der Waals surface area contributed by atoms with Crippen molar-refractivity contribution in [2.24, 2.45) is 5.10 Å². The van der Waals surface area contributed by atoms with E-state index < -0.39 is 0 Å². The van der Waals surface area contributed by atoms with Crippen LogP contribution in [0.2, 0.25) is 0 Å². The van der Waals surface area contributed by atoms with Crippen LogP contribution < -0.4 is 10.2 Å². The zero-order valence-electron chi connectivity index (χ0n) is 22.5. The number of hydrogen-bond donors (Lipinski definition) is 1. The molecule has 0 aliphatic carbocycles. The number of ether oxygens (including phenoxy) is 1. The van der Waals surface area contributed by atoms with Crippen molar-refractivity contribution in [3.8, 4) is 34.0 Å². The monoisotopic (exact) mass is 547 g/mol. The molecule has 40 heavy (non-hydrogen) atoms. The van der Waals surface area contributed by atoms with Gasteiger partial charge in [0, 0.05) is 11.3 Å². The quantitative estimate of drug-likeness (QED) is 0.129. The minimum atomic E-state index is -0.227. The van der Waals surface area contributed by atoms with E-state index in [0.717, 1.165) is 45.0 Å². The van der Waals surface area contributed by atoms with Crippen LogP contribution in [0.5, 0.6) is 5.75 Å². The molecule has 0 saturated carbocycles. The molecule has 1 heterocycles. The Bertz CT molecular complexity index is 1610. The number of carbonyl (C=O) groups is 1. The van der Waals surface area contributed by atoms with Gasteiger partial charge in [0.15, 0.2) is 11.0 Å². The van der Waals surface area contributed by atoms with E-state index in [2.05, 4.69) is 45.0 Å². The van der Waals surface area contributed by atoms with Gasteiger partial charge in [0.2, 0.25) is 0 Å². The van der Waals surface area contributed by atoms with Gasteiger partial charge < -0.3 is 4.74 Å². The van der Waals surface area contributed by atoms with Crippen molar-refractivity contribution >= 4 is 23.4 Å². The van der Waals surface area contributed by atoms with Crippen LogP contribution in [0.4, 0.5) is 0 Å². The first-order chi connectivity index (χ1) is 19.5. The average molecular weight is 548 g/mol. The summed E-state index contributed by atoms with van der Waals surface area (Å²) in [6.07, 6.45) is 0. The second-order valence-electron chi connectivity index (χ2n) is 9.17. The van der Waals surface area contributed by atoms with Crippen LogP contribution >= 0.6 is 11.8 Å². The Morgan fingerprint density at radius 3 is 2.17 bits per heavy atom. The third-order valence-corrected chi connectivity index (χ3v) is 7.29. The Morgan fingerprint density at radius 2 is 1.50 bits per heavy atom. The summed E-state index contributed by atoms with van der Waals surface area (Å²) in [5.41, 5.74) is 9.58. The van der Waals surface area contributed by atoms with Gasteiger partial charge in [-0.3, -0.25) is 9.36 Å². The highest BCUT2D eigenvalue weighted by atomic mass is 32.2. The highest BCUT2D eigenvalue weighted by molar-refractivity contribution is 7.99. The van der Waals surface area contributed by atoms with Gasteiger partial charge in [0.25, 0.3) is 5.91 Å². The van der Waals surface area contributed by atoms with E-state index in [-0.39, 0.29) is 11.7 Å². The summed E-state index contributed by atoms with van der Waals surface area (Å²) in [5.74, 6) is 1.35. The Hall–Kier alpha value is -4.69. The molecule has 0 saturated heterocycles. The molecule has 0 fully saturated rings. The molecular weight excluding hydrogens is 518 g/mol. The first-order valence-electron chi connectivity index (χ1n) is 12.8. The fourth-order valence-corrected chi connectivity index (χ4v) is 4.87. The lowest BCUT2D eigenvalue weighted by Crippen LogP contribution is -2.21. The number of nitrogens with one attached hydrogen (secondary N) is 1. The third-order valence-electron chi connectivity index (χ3n) is 6.36. The Balaban J connectivity index is 1.28. The maximum absolute atomic E-state index is 12.7. The van der Waals surface area contributed by atoms with Crippen molar-refractivity contribution in [2.45, 2.75) is 19.0 Å². The lowest BCUT2D eigenvalue weighted by molar-refractivity contribution is -0.118. The SMILES string of the molecule is COc1ccc(-c2nnc(SCC(=O)N/N=C(\C)c3ccc(-c4ccccc4)cc3)n2-c2ccc(C)cc2)cc1. The van der Waals surface area contributed by atoms with Gasteiger partial charge in [-0.15, -0.1) is 10.2 Å². The molecule has 5 rings (SSSR count). The Morgan fingerprint density at radius 1 is 0.850 bits per heavy atom. The second kappa shape index (κ2) is 12.4. The first kappa shape index (κ1) is 26.9. The summed E-state index contributed by atoms with van der Waals surface area (Å²) in [6, 6.07) is 34.1. The van der Waals surface area contributed by atoms with Crippen LogP contribution in [0, 0.1) is 6.92 Å². The lowest BCUT2D eigenvalue weighted by Gasteiger charge is -2.11. The van der Waals surface area contributed by atoms with Crippen molar-refractivity contribution in [1.29, 1.82) is 0 Å². The predicted octanol–water partition coefficient (Wildman–Crippen LogP) is 6.55. The van der Waals surface area contributed by atoms with Gasteiger partial charge in [0.1, 0.15) is 5.75 Å². The molecular formula is C32H29N5O2S. The molecule has 7 nitrogen and oxygen atoms in total. The maximum Gasteiger partial charge on any atom is 0.250 e. The minimum Gasteiger partial charge on any atom is -0.497 e. The zero-order valence-corrected chi connectivity index (χ0v) is 23.4. The number of rotatable bonds is 9. The van der Waals surface area contributed by atoms with E-state index in [1.54, 1.807) is 7.11 Å². The summed E-state index contributed by atoms with van der Waals surface area (Å²) in [7, 11) is 1.64. The molecule has 0 aliphatic rings. The molecule has 1 N–H and O–H groups in total. The number of hydrogen-bond acceptors (Lipinski definition) is 6. The fraction of sp³-hybridized carbons (Fsp3) is 0.125. The number of aryl methyl sites for hydroxylation is 1. The molecule has 0 spiro atoms. The van der Waals surface area contributed by atoms with Crippen molar-refractivity contribution in [2.75, 3.05) is 12.9 Å². The summed E-state index contributed by atoms with van der Waals surface area (Å²) in [4.78, 5) is 12.7. The van der Waals surface area contributed by atoms with Crippen molar-refractivity contribution in [3.05, 3.63) is 114 Å². The smallest absolute Gasteiger partial charge is 0.250 e. The largest absolute Gasteiger partial charge is 0.497 e. The Labute approximate surface area is 237 Å². The van der Waals surface area contributed by atoms with Gasteiger partial charge in [-0.2, -0.15) is 5.10 Å². The second-order valence-corrected chi connectivity index (χ2v) is 10.1. The van der Waals surface area contributed by atoms with Crippen molar-refractivity contribution < 1.29 is 9.53 Å². The number of nitrogens with zero attached hydrogens (tertiary/aromatic N) is 4. The first-order valence-corrected chi connectivity index (χ1v) is 13.8. The molecule has 1 amide bonds. The fourth-order valence-electron chi connectivity index (χ4n) is 4.12. The van der Waals surface area contributed by atoms with Crippen LogP contribution in [0.3, 0.4) is 0 Å². The molecule has 0 unspecified atom stereocenters. The van der Waals surface area contributed by atoms with E-state index in [1.165, 1.54) is 11.8 Å². The van der Waals surface area contributed by atoms with Crippen LogP contribution in [0.15, 0.2) is 113 Å². The van der Waals surface area contributed by atoms with Gasteiger partial charge in [-0.05, 0) is 66.9 Å². The van der Waals surface area contributed by atoms with Gasteiger partial charge in [-0.1, -0.05) is 84.1 Å². The van der Waals surface area contributed by atoms with E-state index in [9.17, 15) is 4.79 Å². The number of benzene rings is 4. The number of carbonyl (C=O) groups excluding carboxylic acids is 1. The average Bonchev–Trinajstić information content (AvgIpc) is 3.43. The highest BCUT2D eigenvalue weighted by Crippen LogP contribution is 2.29. The van der Waals surface area contributed by atoms with E-state index in [4.69, 9.17) is 4.74 Å². The molecule has 0 radical (unpaired) electrons. The standard InChI is InChI=1S/C32H29N5O2S/c1-22-9-17-28(18-10-22)37-31(27-15-19-29(39-3)20-16-27)35-36-32(37)40-21-30(38)34-33-23(2)24-11-13-26(14-12-24)25-7-5-4-6-8-25/h4-20H,21H2,1-3H3,(H,34,38)/b33-23+. The number of aromatic nitrogens is 3. The number of thioether (sulfide) groups is 1. The molecule has 0 bridgehead atoms. The number of methoxy groups -OCH3 is 1. The minimum absolute atomic E-state index is 0.135. The molecule has 0 aliphatic heterocycles. The highest BCUT2D eigenvalue weighted by Gasteiger charge is 2.17. The molecule has 200 valence electrons. The lowest BCUT2D eigenvalue weighted by atomic mass is 10.0. The topological polar surface area (TPSA) is 81.4 Å². The predicted molar refractivity (Wildman–Crippen MR) is 161 cm³/mol. The van der Waals surface area contributed by atoms with Crippen LogP contribution in [-0.4, -0.2) is 39.2 Å². The van der Waals surface area contributed by atoms with E-state index >= 15 is 0 Å². The Kier molecular flexibility index (Phi) is 8.37. The molecule has 5 aromatic rings. The van der Waals surface area contributed by atoms with E-state index in [0.29, 0.717) is 11.0 Å². The van der Waals surface area contributed by atoms with E-state index in [1.807, 2.05) is 97.3 Å². The van der Waals surface area contributed by atoms with Gasteiger partial charge >= 0.3 is 0 Å². The van der Waals surface area contributed by atoms with Crippen molar-refractivity contribution in [3.63, 3.8) is 0 Å². The van der Waals surface area contributed by atoms with Crippen molar-refractivity contribution in [1.82, 2.24) is 20.2 Å². The summed E-state index contributed by atoms with van der Waals surface area (Å²) in [6.45, 7) is 3.92. The summed E-state index contributed by atoms with van der Waals surface area (Å²) >= 11 is 1.31. The molecule has 0 atom stereocenters. The van der Waals surface area contributed by atoms with Crippen LogP contribution in [0.25, 0.3) is 28.2 Å². The number of amides is 1. The summed E-state index contributed by atoms with van der Waals surface area (Å²) < 4.78 is 7.25. The zero-order chi connectivity index (χ0) is 27.9. The van der Waals surface area contributed by atoms with Crippen LogP contribution in [-0.2, 0) is 4.79 Å². The normalized spacial score (nSPS) is 11.3. The van der Waals surface area contributed by atoms with Gasteiger partial charge in [-0.25, -0.2) is 5.43 Å². The maximum atomic E-state index is 12.7. The molecule has 8 heteroatoms.